The van der Waals surface area contributed by atoms with E-state index in [1.165, 1.54) is 6.42 Å². The number of nitrogens with one attached hydrogen (secondary N) is 2. The number of hydrogen-bond acceptors (Lipinski definition) is 5. The third kappa shape index (κ3) is 6.08. The zero-order valence-electron chi connectivity index (χ0n) is 21.2. The standard InChI is InChI=1S/C28H38N4O3/c1-20(2)29-28(34)23-19-22(30-27(33)21-9-5-4-6-10-21)13-14-24(23)31-15-17-32(18-16-31)25-11-7-8-12-26(25)35-3/h7-8,11-14,19-21H,4-6,9-10,15-18H2,1-3H3,(H,29,34)(H,30,33). The van der Waals surface area contributed by atoms with Gasteiger partial charge in [-0.2, -0.15) is 0 Å². The van der Waals surface area contributed by atoms with Gasteiger partial charge in [0.1, 0.15) is 5.75 Å². The predicted molar refractivity (Wildman–Crippen MR) is 142 cm³/mol. The fourth-order valence-electron chi connectivity index (χ4n) is 5.10. The Morgan fingerprint density at radius 2 is 1.57 bits per heavy atom. The van der Waals surface area contributed by atoms with E-state index in [4.69, 9.17) is 4.74 Å². The molecule has 2 aromatic rings. The van der Waals surface area contributed by atoms with Crippen LogP contribution in [0.5, 0.6) is 5.75 Å². The van der Waals surface area contributed by atoms with Gasteiger partial charge in [-0.25, -0.2) is 0 Å². The second kappa shape index (κ2) is 11.5. The Morgan fingerprint density at radius 1 is 0.914 bits per heavy atom. The average molecular weight is 479 g/mol. The lowest BCUT2D eigenvalue weighted by atomic mass is 9.88. The minimum absolute atomic E-state index is 0.0261. The largest absolute Gasteiger partial charge is 0.495 e. The van der Waals surface area contributed by atoms with E-state index in [1.54, 1.807) is 7.11 Å². The van der Waals surface area contributed by atoms with E-state index in [9.17, 15) is 9.59 Å². The van der Waals surface area contributed by atoms with Gasteiger partial charge in [0.05, 0.1) is 18.4 Å². The van der Waals surface area contributed by atoms with Crippen LogP contribution in [0.25, 0.3) is 0 Å². The van der Waals surface area contributed by atoms with Gasteiger partial charge in [0.15, 0.2) is 0 Å². The summed E-state index contributed by atoms with van der Waals surface area (Å²) in [5.41, 5.74) is 3.28. The van der Waals surface area contributed by atoms with E-state index in [0.29, 0.717) is 11.3 Å². The number of rotatable bonds is 7. The van der Waals surface area contributed by atoms with Crippen molar-refractivity contribution in [2.75, 3.05) is 48.4 Å². The summed E-state index contributed by atoms with van der Waals surface area (Å²) in [4.78, 5) is 30.5. The first kappa shape index (κ1) is 24.9. The molecule has 0 atom stereocenters. The number of amides is 2. The summed E-state index contributed by atoms with van der Waals surface area (Å²) in [6, 6.07) is 13.8. The van der Waals surface area contributed by atoms with Crippen molar-refractivity contribution in [1.29, 1.82) is 0 Å². The first-order chi connectivity index (χ1) is 17.0. The molecule has 2 aromatic carbocycles. The quantitative estimate of drug-likeness (QED) is 0.605. The third-order valence-corrected chi connectivity index (χ3v) is 6.95. The van der Waals surface area contributed by atoms with Crippen molar-refractivity contribution >= 4 is 28.9 Å². The normalized spacial score (nSPS) is 16.8. The molecule has 0 unspecified atom stereocenters. The minimum Gasteiger partial charge on any atom is -0.495 e. The fourth-order valence-corrected chi connectivity index (χ4v) is 5.10. The maximum absolute atomic E-state index is 13.2. The number of carbonyl (C=O) groups excluding carboxylic acids is 2. The second-order valence-electron chi connectivity index (χ2n) is 9.83. The fraction of sp³-hybridized carbons (Fsp3) is 0.500. The molecule has 0 bridgehead atoms. The van der Waals surface area contributed by atoms with Crippen LogP contribution in [-0.2, 0) is 4.79 Å². The second-order valence-corrected chi connectivity index (χ2v) is 9.83. The molecular weight excluding hydrogens is 440 g/mol. The molecule has 188 valence electrons. The lowest BCUT2D eigenvalue weighted by Gasteiger charge is -2.38. The molecular formula is C28H38N4O3. The Morgan fingerprint density at radius 3 is 2.23 bits per heavy atom. The maximum Gasteiger partial charge on any atom is 0.253 e. The van der Waals surface area contributed by atoms with Gasteiger partial charge in [0.25, 0.3) is 5.91 Å². The summed E-state index contributed by atoms with van der Waals surface area (Å²) in [6.07, 6.45) is 5.32. The van der Waals surface area contributed by atoms with Crippen molar-refractivity contribution in [2.45, 2.75) is 52.0 Å². The highest BCUT2D eigenvalue weighted by Gasteiger charge is 2.25. The Bertz CT molecular complexity index is 1020. The molecule has 1 heterocycles. The van der Waals surface area contributed by atoms with E-state index < -0.39 is 0 Å². The summed E-state index contributed by atoms with van der Waals surface area (Å²) in [7, 11) is 1.70. The van der Waals surface area contributed by atoms with Gasteiger partial charge < -0.3 is 25.2 Å². The number of carbonyl (C=O) groups is 2. The van der Waals surface area contributed by atoms with Crippen LogP contribution < -0.4 is 25.2 Å². The monoisotopic (exact) mass is 478 g/mol. The molecule has 7 nitrogen and oxygen atoms in total. The SMILES string of the molecule is COc1ccccc1N1CCN(c2ccc(NC(=O)C3CCCCC3)cc2C(=O)NC(C)C)CC1. The van der Waals surface area contributed by atoms with Crippen molar-refractivity contribution in [3.05, 3.63) is 48.0 Å². The van der Waals surface area contributed by atoms with Crippen LogP contribution >= 0.6 is 0 Å². The topological polar surface area (TPSA) is 73.9 Å². The van der Waals surface area contributed by atoms with Crippen molar-refractivity contribution in [2.24, 2.45) is 5.92 Å². The Labute approximate surface area is 208 Å². The summed E-state index contributed by atoms with van der Waals surface area (Å²) < 4.78 is 5.54. The van der Waals surface area contributed by atoms with E-state index in [1.807, 2.05) is 50.2 Å². The summed E-state index contributed by atoms with van der Waals surface area (Å²) in [5, 5.41) is 6.10. The van der Waals surface area contributed by atoms with Gasteiger partial charge in [-0.05, 0) is 57.0 Å². The third-order valence-electron chi connectivity index (χ3n) is 6.95. The molecule has 2 fully saturated rings. The number of para-hydroxylation sites is 2. The van der Waals surface area contributed by atoms with E-state index in [2.05, 4.69) is 26.5 Å². The van der Waals surface area contributed by atoms with Crippen LogP contribution in [-0.4, -0.2) is 51.1 Å². The maximum atomic E-state index is 13.2. The molecule has 2 amide bonds. The van der Waals surface area contributed by atoms with Crippen molar-refractivity contribution < 1.29 is 14.3 Å². The highest BCUT2D eigenvalue weighted by Crippen LogP contribution is 2.31. The predicted octanol–water partition coefficient (Wildman–Crippen LogP) is 4.68. The van der Waals surface area contributed by atoms with Gasteiger partial charge in [0.2, 0.25) is 5.91 Å². The molecule has 1 aliphatic carbocycles. The summed E-state index contributed by atoms with van der Waals surface area (Å²) >= 11 is 0. The molecule has 0 radical (unpaired) electrons. The van der Waals surface area contributed by atoms with Gasteiger partial charge in [-0.1, -0.05) is 31.4 Å². The lowest BCUT2D eigenvalue weighted by molar-refractivity contribution is -0.120. The molecule has 35 heavy (non-hydrogen) atoms. The molecule has 7 heteroatoms. The minimum atomic E-state index is -0.115. The molecule has 0 spiro atoms. The van der Waals surface area contributed by atoms with Crippen molar-refractivity contribution in [3.8, 4) is 5.75 Å². The van der Waals surface area contributed by atoms with E-state index >= 15 is 0 Å². The summed E-state index contributed by atoms with van der Waals surface area (Å²) in [6.45, 7) is 7.13. The van der Waals surface area contributed by atoms with E-state index in [-0.39, 0.29) is 23.8 Å². The van der Waals surface area contributed by atoms with Crippen molar-refractivity contribution in [3.63, 3.8) is 0 Å². The zero-order valence-corrected chi connectivity index (χ0v) is 21.2. The highest BCUT2D eigenvalue weighted by molar-refractivity contribution is 6.02. The molecule has 1 aliphatic heterocycles. The first-order valence-electron chi connectivity index (χ1n) is 12.8. The summed E-state index contributed by atoms with van der Waals surface area (Å²) in [5.74, 6) is 0.893. The number of benzene rings is 2. The first-order valence-corrected chi connectivity index (χ1v) is 12.8. The number of anilines is 3. The van der Waals surface area contributed by atoms with Crippen LogP contribution in [0.2, 0.25) is 0 Å². The average Bonchev–Trinajstić information content (AvgIpc) is 2.89. The number of piperazine rings is 1. The van der Waals surface area contributed by atoms with E-state index in [0.717, 1.165) is 69.0 Å². The van der Waals surface area contributed by atoms with Gasteiger partial charge in [0, 0.05) is 49.5 Å². The van der Waals surface area contributed by atoms with Crippen LogP contribution in [0.1, 0.15) is 56.3 Å². The van der Waals surface area contributed by atoms with Gasteiger partial charge in [-0.3, -0.25) is 9.59 Å². The van der Waals surface area contributed by atoms with Crippen molar-refractivity contribution in [1.82, 2.24) is 5.32 Å². The number of methoxy groups -OCH3 is 1. The van der Waals surface area contributed by atoms with Crippen LogP contribution in [0.3, 0.4) is 0 Å². The lowest BCUT2D eigenvalue weighted by Crippen LogP contribution is -2.47. The molecule has 1 saturated carbocycles. The number of hydrogen-bond donors (Lipinski definition) is 2. The van der Waals surface area contributed by atoms with Gasteiger partial charge >= 0.3 is 0 Å². The molecule has 2 N–H and O–H groups in total. The molecule has 4 rings (SSSR count). The Hall–Kier alpha value is -3.22. The van der Waals surface area contributed by atoms with Crippen LogP contribution in [0, 0.1) is 5.92 Å². The number of ether oxygens (including phenoxy) is 1. The Kier molecular flexibility index (Phi) is 8.16. The smallest absolute Gasteiger partial charge is 0.253 e. The van der Waals surface area contributed by atoms with Crippen LogP contribution in [0.4, 0.5) is 17.1 Å². The zero-order chi connectivity index (χ0) is 24.8. The highest BCUT2D eigenvalue weighted by atomic mass is 16.5. The molecule has 2 aliphatic rings. The van der Waals surface area contributed by atoms with Gasteiger partial charge in [-0.15, -0.1) is 0 Å². The molecule has 1 saturated heterocycles. The number of nitrogens with zero attached hydrogens (tertiary/aromatic N) is 2. The Balaban J connectivity index is 1.51. The van der Waals surface area contributed by atoms with Crippen LogP contribution in [0.15, 0.2) is 42.5 Å². The molecule has 0 aromatic heterocycles.